The molecule has 8 heteroatoms. The van der Waals surface area contributed by atoms with E-state index >= 15 is 0 Å². The lowest BCUT2D eigenvalue weighted by Gasteiger charge is -2.19. The number of imide groups is 1. The van der Waals surface area contributed by atoms with Crippen LogP contribution in [0.5, 0.6) is 0 Å². The molecule has 1 saturated carbocycles. The molecule has 3 amide bonds. The number of carbonyl (C=O) groups excluding carboxylic acids is 2. The van der Waals surface area contributed by atoms with Gasteiger partial charge in [0.1, 0.15) is 5.54 Å². The Bertz CT molecular complexity index is 534. The Morgan fingerprint density at radius 2 is 2.05 bits per heavy atom. The summed E-state index contributed by atoms with van der Waals surface area (Å²) in [5, 5.41) is 14.3. The molecule has 1 saturated heterocycles. The SMILES string of the molecule is CCCn1nnnc1CN1C(=O)NC2(CCCC2)C1=O. The molecule has 0 radical (unpaired) electrons. The number of urea groups is 1. The fraction of sp³-hybridized carbons (Fsp3) is 0.750. The predicted octanol–water partition coefficient (Wildman–Crippen LogP) is 0.448. The Labute approximate surface area is 116 Å². The van der Waals surface area contributed by atoms with Gasteiger partial charge in [0.15, 0.2) is 5.82 Å². The van der Waals surface area contributed by atoms with E-state index in [0.717, 1.165) is 32.1 Å². The van der Waals surface area contributed by atoms with Gasteiger partial charge in [-0.05, 0) is 29.7 Å². The summed E-state index contributed by atoms with van der Waals surface area (Å²) in [7, 11) is 0. The molecule has 2 heterocycles. The second-order valence-corrected chi connectivity index (χ2v) is 5.43. The van der Waals surface area contributed by atoms with Crippen LogP contribution in [-0.2, 0) is 17.9 Å². The zero-order valence-corrected chi connectivity index (χ0v) is 11.5. The van der Waals surface area contributed by atoms with Gasteiger partial charge in [0, 0.05) is 6.54 Å². The Balaban J connectivity index is 1.79. The topological polar surface area (TPSA) is 93.0 Å². The third-order valence-electron chi connectivity index (χ3n) is 4.04. The van der Waals surface area contributed by atoms with Crippen molar-refractivity contribution in [2.75, 3.05) is 0 Å². The van der Waals surface area contributed by atoms with E-state index in [4.69, 9.17) is 0 Å². The fourth-order valence-corrected chi connectivity index (χ4v) is 3.00. The average molecular weight is 278 g/mol. The highest BCUT2D eigenvalue weighted by atomic mass is 16.2. The summed E-state index contributed by atoms with van der Waals surface area (Å²) in [6.07, 6.45) is 4.31. The normalized spacial score (nSPS) is 20.9. The Kier molecular flexibility index (Phi) is 3.15. The number of carbonyl (C=O) groups is 2. The first-order chi connectivity index (χ1) is 9.66. The second kappa shape index (κ2) is 4.84. The molecule has 1 aromatic rings. The highest BCUT2D eigenvalue weighted by molar-refractivity contribution is 6.07. The Morgan fingerprint density at radius 1 is 1.30 bits per heavy atom. The lowest BCUT2D eigenvalue weighted by atomic mass is 9.98. The molecule has 108 valence electrons. The standard InChI is InChI=1S/C12H18N6O2/c1-2-7-18-9(14-15-16-18)8-17-10(19)12(13-11(17)20)5-3-4-6-12/h2-8H2,1H3,(H,13,20). The van der Waals surface area contributed by atoms with Gasteiger partial charge in [-0.15, -0.1) is 5.10 Å². The van der Waals surface area contributed by atoms with E-state index in [1.165, 1.54) is 4.90 Å². The second-order valence-electron chi connectivity index (χ2n) is 5.43. The van der Waals surface area contributed by atoms with Crippen molar-refractivity contribution in [3.05, 3.63) is 5.82 Å². The molecule has 1 aliphatic carbocycles. The lowest BCUT2D eigenvalue weighted by molar-refractivity contribution is -0.131. The first-order valence-electron chi connectivity index (χ1n) is 7.05. The molecule has 1 spiro atoms. The van der Waals surface area contributed by atoms with Crippen LogP contribution >= 0.6 is 0 Å². The molecular weight excluding hydrogens is 260 g/mol. The molecular formula is C12H18N6O2. The van der Waals surface area contributed by atoms with Crippen LogP contribution in [0.4, 0.5) is 4.79 Å². The molecule has 0 unspecified atom stereocenters. The summed E-state index contributed by atoms with van der Waals surface area (Å²) in [6.45, 7) is 2.84. The molecule has 8 nitrogen and oxygen atoms in total. The molecule has 1 N–H and O–H groups in total. The fourth-order valence-electron chi connectivity index (χ4n) is 3.00. The monoisotopic (exact) mass is 278 g/mol. The summed E-state index contributed by atoms with van der Waals surface area (Å²) in [6, 6.07) is -0.331. The Hall–Kier alpha value is -1.99. The number of hydrogen-bond acceptors (Lipinski definition) is 5. The van der Waals surface area contributed by atoms with Gasteiger partial charge in [0.2, 0.25) is 0 Å². The summed E-state index contributed by atoms with van der Waals surface area (Å²) >= 11 is 0. The van der Waals surface area contributed by atoms with E-state index in [1.807, 2.05) is 6.92 Å². The minimum absolute atomic E-state index is 0.133. The first-order valence-corrected chi connectivity index (χ1v) is 7.05. The summed E-state index contributed by atoms with van der Waals surface area (Å²) in [4.78, 5) is 25.8. The number of amides is 3. The minimum atomic E-state index is -0.667. The van der Waals surface area contributed by atoms with Crippen molar-refractivity contribution in [2.24, 2.45) is 0 Å². The largest absolute Gasteiger partial charge is 0.325 e. The van der Waals surface area contributed by atoms with Crippen LogP contribution in [0, 0.1) is 0 Å². The van der Waals surface area contributed by atoms with Gasteiger partial charge in [-0.1, -0.05) is 19.8 Å². The van der Waals surface area contributed by atoms with Gasteiger partial charge in [-0.25, -0.2) is 9.48 Å². The van der Waals surface area contributed by atoms with Gasteiger partial charge in [0.05, 0.1) is 6.54 Å². The Morgan fingerprint density at radius 3 is 2.75 bits per heavy atom. The van der Waals surface area contributed by atoms with E-state index in [2.05, 4.69) is 20.8 Å². The first kappa shape index (κ1) is 13.0. The third-order valence-corrected chi connectivity index (χ3v) is 4.04. The number of nitrogens with zero attached hydrogens (tertiary/aromatic N) is 5. The molecule has 0 bridgehead atoms. The van der Waals surface area contributed by atoms with Gasteiger partial charge in [-0.3, -0.25) is 9.69 Å². The number of rotatable bonds is 4. The molecule has 20 heavy (non-hydrogen) atoms. The average Bonchev–Trinajstić information content (AvgIpc) is 3.10. The van der Waals surface area contributed by atoms with Crippen molar-refractivity contribution in [1.82, 2.24) is 30.4 Å². The van der Waals surface area contributed by atoms with Crippen LogP contribution in [0.2, 0.25) is 0 Å². The van der Waals surface area contributed by atoms with Crippen molar-refractivity contribution in [2.45, 2.75) is 57.7 Å². The van der Waals surface area contributed by atoms with E-state index in [0.29, 0.717) is 12.4 Å². The minimum Gasteiger partial charge on any atom is -0.323 e. The molecule has 1 aromatic heterocycles. The van der Waals surface area contributed by atoms with Crippen LogP contribution in [0.25, 0.3) is 0 Å². The number of hydrogen-bond donors (Lipinski definition) is 1. The van der Waals surface area contributed by atoms with E-state index in [-0.39, 0.29) is 18.5 Å². The maximum absolute atomic E-state index is 12.5. The smallest absolute Gasteiger partial charge is 0.323 e. The van der Waals surface area contributed by atoms with Crippen LogP contribution in [-0.4, -0.2) is 42.6 Å². The lowest BCUT2D eigenvalue weighted by Crippen LogP contribution is -2.44. The van der Waals surface area contributed by atoms with Crippen molar-refractivity contribution in [3.63, 3.8) is 0 Å². The number of aryl methyl sites for hydroxylation is 1. The van der Waals surface area contributed by atoms with Crippen molar-refractivity contribution >= 4 is 11.9 Å². The molecule has 0 atom stereocenters. The summed E-state index contributed by atoms with van der Waals surface area (Å²) < 4.78 is 1.64. The van der Waals surface area contributed by atoms with Gasteiger partial charge in [-0.2, -0.15) is 0 Å². The molecule has 3 rings (SSSR count). The number of tetrazole rings is 1. The van der Waals surface area contributed by atoms with Crippen LogP contribution in [0.1, 0.15) is 44.9 Å². The maximum atomic E-state index is 12.5. The maximum Gasteiger partial charge on any atom is 0.325 e. The van der Waals surface area contributed by atoms with Crippen LogP contribution in [0.3, 0.4) is 0 Å². The summed E-state index contributed by atoms with van der Waals surface area (Å²) in [5.41, 5.74) is -0.667. The van der Waals surface area contributed by atoms with Crippen molar-refractivity contribution < 1.29 is 9.59 Å². The van der Waals surface area contributed by atoms with E-state index in [1.54, 1.807) is 4.68 Å². The van der Waals surface area contributed by atoms with Crippen molar-refractivity contribution in [3.8, 4) is 0 Å². The molecule has 0 aromatic carbocycles. The van der Waals surface area contributed by atoms with E-state index < -0.39 is 5.54 Å². The van der Waals surface area contributed by atoms with Gasteiger partial charge >= 0.3 is 6.03 Å². The molecule has 2 fully saturated rings. The highest BCUT2D eigenvalue weighted by Crippen LogP contribution is 2.35. The van der Waals surface area contributed by atoms with Gasteiger partial charge < -0.3 is 5.32 Å². The van der Waals surface area contributed by atoms with Gasteiger partial charge in [0.25, 0.3) is 5.91 Å². The van der Waals surface area contributed by atoms with Crippen LogP contribution in [0.15, 0.2) is 0 Å². The zero-order valence-electron chi connectivity index (χ0n) is 11.5. The molecule has 2 aliphatic rings. The number of nitrogens with one attached hydrogen (secondary N) is 1. The molecule has 1 aliphatic heterocycles. The predicted molar refractivity (Wildman–Crippen MR) is 68.4 cm³/mol. The third kappa shape index (κ3) is 1.95. The quantitative estimate of drug-likeness (QED) is 0.807. The number of aromatic nitrogens is 4. The summed E-state index contributed by atoms with van der Waals surface area (Å²) in [5.74, 6) is 0.413. The zero-order chi connectivity index (χ0) is 14.2. The van der Waals surface area contributed by atoms with Crippen LogP contribution < -0.4 is 5.32 Å². The van der Waals surface area contributed by atoms with E-state index in [9.17, 15) is 9.59 Å². The van der Waals surface area contributed by atoms with Crippen molar-refractivity contribution in [1.29, 1.82) is 0 Å². The highest BCUT2D eigenvalue weighted by Gasteiger charge is 2.52.